The predicted octanol–water partition coefficient (Wildman–Crippen LogP) is 3.68. The maximum Gasteiger partial charge on any atom is 0.185 e. The van der Waals surface area contributed by atoms with Crippen LogP contribution in [-0.2, 0) is 6.54 Å². The number of hydrogen-bond acceptors (Lipinski definition) is 8. The Balaban J connectivity index is 1.29. The Bertz CT molecular complexity index is 1100. The lowest BCUT2D eigenvalue weighted by Crippen LogP contribution is -2.35. The standard InChI is InChI=1S/C25H33N5O2S/c1-18-15-19-5-3-8-26-22(19)23(24(18)32-2)29-10-4-9-28(13-14-29)16-20-17-33-25(27-20)30-11-6-21(31)7-12-30/h3,5,8,15,17,21,31H,4,6-7,9-14,16H2,1-2H3. The molecule has 176 valence electrons. The van der Waals surface area contributed by atoms with Gasteiger partial charge in [-0.3, -0.25) is 9.88 Å². The van der Waals surface area contributed by atoms with Gasteiger partial charge in [-0.15, -0.1) is 11.3 Å². The van der Waals surface area contributed by atoms with Crippen LogP contribution in [0, 0.1) is 6.92 Å². The molecule has 0 aliphatic carbocycles. The van der Waals surface area contributed by atoms with E-state index in [9.17, 15) is 5.11 Å². The normalized spacial score (nSPS) is 18.6. The van der Waals surface area contributed by atoms with Crippen LogP contribution in [0.25, 0.3) is 10.9 Å². The second-order valence-electron chi connectivity index (χ2n) is 9.11. The first-order chi connectivity index (χ1) is 16.1. The molecule has 2 aliphatic heterocycles. The zero-order chi connectivity index (χ0) is 22.8. The van der Waals surface area contributed by atoms with Crippen LogP contribution < -0.4 is 14.5 Å². The van der Waals surface area contributed by atoms with Gasteiger partial charge in [-0.25, -0.2) is 4.98 Å². The van der Waals surface area contributed by atoms with Crippen molar-refractivity contribution in [1.29, 1.82) is 0 Å². The molecule has 4 heterocycles. The van der Waals surface area contributed by atoms with Crippen LogP contribution in [0.1, 0.15) is 30.5 Å². The van der Waals surface area contributed by atoms with Gasteiger partial charge in [0.05, 0.1) is 24.4 Å². The molecule has 33 heavy (non-hydrogen) atoms. The first kappa shape index (κ1) is 22.4. The van der Waals surface area contributed by atoms with Crippen LogP contribution >= 0.6 is 11.3 Å². The molecule has 1 N–H and O–H groups in total. The summed E-state index contributed by atoms with van der Waals surface area (Å²) in [6, 6.07) is 6.29. The number of fused-ring (bicyclic) bond motifs is 1. The number of nitrogens with zero attached hydrogens (tertiary/aromatic N) is 5. The number of hydrogen-bond donors (Lipinski definition) is 1. The quantitative estimate of drug-likeness (QED) is 0.614. The highest BCUT2D eigenvalue weighted by Gasteiger charge is 2.24. The van der Waals surface area contributed by atoms with Gasteiger partial charge in [0.15, 0.2) is 5.13 Å². The molecule has 0 spiro atoms. The molecular weight excluding hydrogens is 434 g/mol. The molecular formula is C25H33N5O2S. The number of benzene rings is 1. The highest BCUT2D eigenvalue weighted by atomic mass is 32.1. The second-order valence-corrected chi connectivity index (χ2v) is 9.94. The van der Waals surface area contributed by atoms with Crippen molar-refractivity contribution < 1.29 is 9.84 Å². The first-order valence-corrected chi connectivity index (χ1v) is 12.8. The maximum absolute atomic E-state index is 9.77. The third-order valence-corrected chi connectivity index (χ3v) is 7.73. The van der Waals surface area contributed by atoms with Crippen molar-refractivity contribution in [3.05, 3.63) is 41.0 Å². The molecule has 2 saturated heterocycles. The van der Waals surface area contributed by atoms with Crippen LogP contribution in [-0.4, -0.2) is 72.5 Å². The number of ether oxygens (including phenoxy) is 1. The van der Waals surface area contributed by atoms with E-state index >= 15 is 0 Å². The van der Waals surface area contributed by atoms with Crippen molar-refractivity contribution in [2.45, 2.75) is 38.8 Å². The van der Waals surface area contributed by atoms with Crippen molar-refractivity contribution in [1.82, 2.24) is 14.9 Å². The Kier molecular flexibility index (Phi) is 6.66. The summed E-state index contributed by atoms with van der Waals surface area (Å²) in [6.45, 7) is 8.74. The fourth-order valence-corrected chi connectivity index (χ4v) is 5.90. The summed E-state index contributed by atoms with van der Waals surface area (Å²) < 4.78 is 5.84. The van der Waals surface area contributed by atoms with Gasteiger partial charge >= 0.3 is 0 Å². The number of pyridine rings is 1. The molecule has 0 atom stereocenters. The zero-order valence-electron chi connectivity index (χ0n) is 19.5. The van der Waals surface area contributed by atoms with E-state index in [0.717, 1.165) is 104 Å². The molecule has 2 aromatic heterocycles. The van der Waals surface area contributed by atoms with E-state index in [1.165, 1.54) is 0 Å². The molecule has 5 rings (SSSR count). The van der Waals surface area contributed by atoms with E-state index in [4.69, 9.17) is 14.7 Å². The summed E-state index contributed by atoms with van der Waals surface area (Å²) in [5.41, 5.74) is 4.44. The Labute approximate surface area is 199 Å². The molecule has 2 fully saturated rings. The SMILES string of the molecule is COc1c(C)cc2cccnc2c1N1CCCN(Cc2csc(N3CCC(O)CC3)n2)CC1. The summed E-state index contributed by atoms with van der Waals surface area (Å²) in [4.78, 5) is 16.9. The first-order valence-electron chi connectivity index (χ1n) is 11.9. The fourth-order valence-electron chi connectivity index (χ4n) is 5.03. The fraction of sp³-hybridized carbons (Fsp3) is 0.520. The van der Waals surface area contributed by atoms with Gasteiger partial charge in [0, 0.05) is 62.8 Å². The average molecular weight is 468 g/mol. The molecule has 0 amide bonds. The van der Waals surface area contributed by atoms with Gasteiger partial charge < -0.3 is 19.6 Å². The topological polar surface area (TPSA) is 65.0 Å². The van der Waals surface area contributed by atoms with E-state index < -0.39 is 0 Å². The minimum absolute atomic E-state index is 0.153. The zero-order valence-corrected chi connectivity index (χ0v) is 20.4. The highest BCUT2D eigenvalue weighted by molar-refractivity contribution is 7.13. The van der Waals surface area contributed by atoms with Crippen molar-refractivity contribution in [3.63, 3.8) is 0 Å². The Morgan fingerprint density at radius 3 is 2.79 bits per heavy atom. The summed E-state index contributed by atoms with van der Waals surface area (Å²) in [5, 5.41) is 14.2. The number of thiazole rings is 1. The van der Waals surface area contributed by atoms with Gasteiger partial charge in [0.25, 0.3) is 0 Å². The summed E-state index contributed by atoms with van der Waals surface area (Å²) >= 11 is 1.73. The third-order valence-electron chi connectivity index (χ3n) is 6.78. The van der Waals surface area contributed by atoms with Gasteiger partial charge in [-0.2, -0.15) is 0 Å². The molecule has 0 saturated carbocycles. The van der Waals surface area contributed by atoms with E-state index in [0.29, 0.717) is 0 Å². The van der Waals surface area contributed by atoms with Crippen molar-refractivity contribution >= 4 is 33.1 Å². The van der Waals surface area contributed by atoms with Crippen LogP contribution in [0.3, 0.4) is 0 Å². The molecule has 8 heteroatoms. The van der Waals surface area contributed by atoms with Gasteiger partial charge in [0.1, 0.15) is 11.4 Å². The van der Waals surface area contributed by atoms with Gasteiger partial charge in [-0.1, -0.05) is 6.07 Å². The summed E-state index contributed by atoms with van der Waals surface area (Å²) in [7, 11) is 1.76. The molecule has 7 nitrogen and oxygen atoms in total. The summed E-state index contributed by atoms with van der Waals surface area (Å²) in [5.74, 6) is 0.936. The molecule has 0 bridgehead atoms. The van der Waals surface area contributed by atoms with Crippen LogP contribution in [0.2, 0.25) is 0 Å². The Morgan fingerprint density at radius 1 is 1.12 bits per heavy atom. The van der Waals surface area contributed by atoms with Crippen molar-refractivity contribution in [2.75, 3.05) is 56.2 Å². The lowest BCUT2D eigenvalue weighted by atomic mass is 10.1. The Hall–Kier alpha value is -2.42. The minimum atomic E-state index is -0.153. The van der Waals surface area contributed by atoms with Gasteiger partial charge in [0.2, 0.25) is 0 Å². The number of aliphatic hydroxyl groups excluding tert-OH is 1. The van der Waals surface area contributed by atoms with E-state index in [2.05, 4.69) is 39.1 Å². The van der Waals surface area contributed by atoms with Crippen molar-refractivity contribution in [3.8, 4) is 5.75 Å². The summed E-state index contributed by atoms with van der Waals surface area (Å²) in [6.07, 6.45) is 4.48. The minimum Gasteiger partial charge on any atom is -0.494 e. The molecule has 0 unspecified atom stereocenters. The molecule has 2 aliphatic rings. The van der Waals surface area contributed by atoms with Gasteiger partial charge in [-0.05, 0) is 43.9 Å². The van der Waals surface area contributed by atoms with E-state index in [1.807, 2.05) is 12.3 Å². The lowest BCUT2D eigenvalue weighted by Gasteiger charge is -2.29. The van der Waals surface area contributed by atoms with Crippen molar-refractivity contribution in [2.24, 2.45) is 0 Å². The number of aliphatic hydroxyl groups is 1. The number of piperidine rings is 1. The van der Waals surface area contributed by atoms with Crippen LogP contribution in [0.15, 0.2) is 29.8 Å². The third kappa shape index (κ3) is 4.78. The van der Waals surface area contributed by atoms with E-state index in [1.54, 1.807) is 18.4 Å². The Morgan fingerprint density at radius 2 is 1.97 bits per heavy atom. The molecule has 0 radical (unpaired) electrons. The maximum atomic E-state index is 9.77. The number of aryl methyl sites for hydroxylation is 1. The number of rotatable bonds is 5. The average Bonchev–Trinajstić information content (AvgIpc) is 3.17. The smallest absolute Gasteiger partial charge is 0.185 e. The number of methoxy groups -OCH3 is 1. The van der Waals surface area contributed by atoms with Crippen LogP contribution in [0.4, 0.5) is 10.8 Å². The molecule has 1 aromatic carbocycles. The van der Waals surface area contributed by atoms with E-state index in [-0.39, 0.29) is 6.10 Å². The number of anilines is 2. The highest BCUT2D eigenvalue weighted by Crippen LogP contribution is 2.38. The lowest BCUT2D eigenvalue weighted by molar-refractivity contribution is 0.145. The predicted molar refractivity (Wildman–Crippen MR) is 135 cm³/mol. The molecule has 3 aromatic rings. The number of aromatic nitrogens is 2. The monoisotopic (exact) mass is 467 g/mol. The van der Waals surface area contributed by atoms with Crippen LogP contribution in [0.5, 0.6) is 5.75 Å². The second kappa shape index (κ2) is 9.83. The largest absolute Gasteiger partial charge is 0.494 e.